The smallest absolute Gasteiger partial charge is 0.343 e. The van der Waals surface area contributed by atoms with E-state index in [1.54, 1.807) is 42.5 Å². The predicted octanol–water partition coefficient (Wildman–Crippen LogP) is 3.67. The number of Topliss-reactive ketones (excluding diaryl/α,β-unsaturated/α-hetero) is 1. The van der Waals surface area contributed by atoms with Crippen LogP contribution >= 0.6 is 0 Å². The maximum Gasteiger partial charge on any atom is 0.343 e. The molecule has 1 aliphatic heterocycles. The van der Waals surface area contributed by atoms with E-state index in [2.05, 4.69) is 12.2 Å². The Labute approximate surface area is 184 Å². The van der Waals surface area contributed by atoms with Crippen molar-refractivity contribution in [3.05, 3.63) is 71.8 Å². The molecule has 2 saturated carbocycles. The molecule has 0 N–H and O–H groups in total. The van der Waals surface area contributed by atoms with Gasteiger partial charge in [-0.05, 0) is 73.4 Å². The summed E-state index contributed by atoms with van der Waals surface area (Å²) in [5.41, 5.74) is 1.23. The molecule has 3 fully saturated rings. The summed E-state index contributed by atoms with van der Waals surface area (Å²) >= 11 is 0. The predicted molar refractivity (Wildman–Crippen MR) is 115 cm³/mol. The lowest BCUT2D eigenvalue weighted by Gasteiger charge is -2.37. The molecule has 6 nitrogen and oxygen atoms in total. The maximum absolute atomic E-state index is 13.2. The zero-order valence-electron chi connectivity index (χ0n) is 17.4. The van der Waals surface area contributed by atoms with Gasteiger partial charge in [0.1, 0.15) is 5.75 Å². The van der Waals surface area contributed by atoms with Gasteiger partial charge in [0.2, 0.25) is 11.8 Å². The lowest BCUT2D eigenvalue weighted by molar-refractivity contribution is -0.124. The van der Waals surface area contributed by atoms with E-state index in [1.165, 1.54) is 17.9 Å². The molecule has 32 heavy (non-hydrogen) atoms. The highest BCUT2D eigenvalue weighted by Gasteiger charge is 2.67. The molecule has 5 aliphatic rings. The monoisotopic (exact) mass is 427 g/mol. The van der Waals surface area contributed by atoms with E-state index >= 15 is 0 Å². The number of benzene rings is 2. The fourth-order valence-electron chi connectivity index (χ4n) is 5.90. The first-order valence-electron chi connectivity index (χ1n) is 10.9. The van der Waals surface area contributed by atoms with Gasteiger partial charge in [-0.3, -0.25) is 19.3 Å². The van der Waals surface area contributed by atoms with E-state index < -0.39 is 5.97 Å². The van der Waals surface area contributed by atoms with Crippen LogP contribution in [0, 0.1) is 35.5 Å². The van der Waals surface area contributed by atoms with Crippen molar-refractivity contribution in [2.45, 2.75) is 13.3 Å². The highest BCUT2D eigenvalue weighted by molar-refractivity contribution is 6.22. The second kappa shape index (κ2) is 6.73. The van der Waals surface area contributed by atoms with Crippen LogP contribution in [-0.4, -0.2) is 23.6 Å². The van der Waals surface area contributed by atoms with Gasteiger partial charge < -0.3 is 4.74 Å². The summed E-state index contributed by atoms with van der Waals surface area (Å²) in [6, 6.07) is 12.8. The number of esters is 1. The normalized spacial score (nSPS) is 31.3. The second-order valence-electron chi connectivity index (χ2n) is 9.19. The molecule has 1 heterocycles. The number of allylic oxidation sites excluding steroid dienone is 2. The molecule has 6 heteroatoms. The van der Waals surface area contributed by atoms with Gasteiger partial charge in [0.15, 0.2) is 5.78 Å². The number of ether oxygens (including phenoxy) is 1. The van der Waals surface area contributed by atoms with Crippen molar-refractivity contribution in [2.24, 2.45) is 35.5 Å². The minimum atomic E-state index is -0.577. The molecule has 2 amide bonds. The Bertz CT molecular complexity index is 1180. The van der Waals surface area contributed by atoms with Crippen molar-refractivity contribution < 1.29 is 23.9 Å². The van der Waals surface area contributed by atoms with Gasteiger partial charge in [0.05, 0.1) is 23.1 Å². The standard InChI is InChI=1S/C26H21NO5/c1-13(28)15-3-2-4-17(11-15)32-26(31)14-5-7-16(8-6-14)27-24(29)22-18-9-10-19(21-12-20(18)21)23(22)25(27)30/h2-11,18-23H,12H2,1H3/t18-,19-,20-,21-,22-,23+/m0/s1. The average molecular weight is 427 g/mol. The Morgan fingerprint density at radius 1 is 0.875 bits per heavy atom. The van der Waals surface area contributed by atoms with Crippen molar-refractivity contribution in [2.75, 3.05) is 4.90 Å². The lowest BCUT2D eigenvalue weighted by atomic mass is 9.63. The van der Waals surface area contributed by atoms with Crippen LogP contribution in [0.5, 0.6) is 5.75 Å². The van der Waals surface area contributed by atoms with Gasteiger partial charge in [0, 0.05) is 5.56 Å². The number of carbonyl (C=O) groups is 4. The van der Waals surface area contributed by atoms with Gasteiger partial charge in [-0.25, -0.2) is 4.79 Å². The summed E-state index contributed by atoms with van der Waals surface area (Å²) in [6.45, 7) is 1.45. The first-order chi connectivity index (χ1) is 15.4. The minimum absolute atomic E-state index is 0.117. The summed E-state index contributed by atoms with van der Waals surface area (Å²) in [4.78, 5) is 51.8. The molecule has 4 aliphatic carbocycles. The lowest BCUT2D eigenvalue weighted by Crippen LogP contribution is -2.40. The van der Waals surface area contributed by atoms with Crippen LogP contribution in [-0.2, 0) is 9.59 Å². The van der Waals surface area contributed by atoms with Gasteiger partial charge in [-0.15, -0.1) is 0 Å². The number of nitrogens with zero attached hydrogens (tertiary/aromatic N) is 1. The number of rotatable bonds is 4. The third kappa shape index (κ3) is 2.72. The number of carbonyl (C=O) groups excluding carboxylic acids is 4. The molecule has 0 radical (unpaired) electrons. The molecule has 0 aromatic heterocycles. The van der Waals surface area contributed by atoms with Crippen molar-refractivity contribution in [3.63, 3.8) is 0 Å². The number of ketones is 1. The molecule has 2 aromatic carbocycles. The zero-order chi connectivity index (χ0) is 22.1. The molecule has 6 atom stereocenters. The topological polar surface area (TPSA) is 80.8 Å². The summed E-state index contributed by atoms with van der Waals surface area (Å²) < 4.78 is 5.38. The Hall–Kier alpha value is -3.54. The van der Waals surface area contributed by atoms with Crippen LogP contribution < -0.4 is 9.64 Å². The first-order valence-corrected chi connectivity index (χ1v) is 10.9. The van der Waals surface area contributed by atoms with E-state index in [4.69, 9.17) is 4.74 Å². The minimum Gasteiger partial charge on any atom is -0.423 e. The van der Waals surface area contributed by atoms with Crippen LogP contribution in [0.3, 0.4) is 0 Å². The Balaban J connectivity index is 1.21. The average Bonchev–Trinajstić information content (AvgIpc) is 3.57. The highest BCUT2D eigenvalue weighted by atomic mass is 16.5. The van der Waals surface area contributed by atoms with Crippen LogP contribution in [0.15, 0.2) is 60.7 Å². The number of imide groups is 1. The second-order valence-corrected chi connectivity index (χ2v) is 9.19. The summed E-state index contributed by atoms with van der Waals surface area (Å²) in [7, 11) is 0. The van der Waals surface area contributed by atoms with Gasteiger partial charge in [0.25, 0.3) is 0 Å². The first kappa shape index (κ1) is 19.2. The number of hydrogen-bond acceptors (Lipinski definition) is 5. The van der Waals surface area contributed by atoms with Gasteiger partial charge >= 0.3 is 5.97 Å². The molecular formula is C26H21NO5. The molecule has 0 spiro atoms. The van der Waals surface area contributed by atoms with Gasteiger partial charge in [-0.2, -0.15) is 0 Å². The highest BCUT2D eigenvalue weighted by Crippen LogP contribution is 2.65. The Morgan fingerprint density at radius 2 is 1.50 bits per heavy atom. The number of anilines is 1. The van der Waals surface area contributed by atoms with Crippen LogP contribution in [0.1, 0.15) is 34.1 Å². The zero-order valence-corrected chi connectivity index (χ0v) is 17.4. The molecule has 7 rings (SSSR count). The van der Waals surface area contributed by atoms with E-state index in [1.807, 2.05) is 0 Å². The van der Waals surface area contributed by atoms with E-state index in [-0.39, 0.29) is 47.0 Å². The fourth-order valence-corrected chi connectivity index (χ4v) is 5.90. The van der Waals surface area contributed by atoms with Crippen molar-refractivity contribution >= 4 is 29.3 Å². The molecule has 1 saturated heterocycles. The SMILES string of the molecule is CC(=O)c1cccc(OC(=O)c2ccc(N3C(=O)[C@@H]4[C@H]5C=C[C@@H]([C@@H]6C[C@@H]56)[C@@H]4C3=O)cc2)c1. The molecule has 0 unspecified atom stereocenters. The van der Waals surface area contributed by atoms with E-state index in [9.17, 15) is 19.2 Å². The maximum atomic E-state index is 13.2. The number of hydrogen-bond donors (Lipinski definition) is 0. The fraction of sp³-hybridized carbons (Fsp3) is 0.308. The van der Waals surface area contributed by atoms with E-state index in [0.29, 0.717) is 28.7 Å². The number of amides is 2. The Kier molecular flexibility index (Phi) is 4.03. The van der Waals surface area contributed by atoms with Crippen molar-refractivity contribution in [1.29, 1.82) is 0 Å². The third-order valence-corrected chi connectivity index (χ3v) is 7.48. The molecule has 160 valence electrons. The quantitative estimate of drug-likeness (QED) is 0.245. The molecule has 2 bridgehead atoms. The summed E-state index contributed by atoms with van der Waals surface area (Å²) in [6.07, 6.45) is 5.42. The molecule has 2 aromatic rings. The van der Waals surface area contributed by atoms with E-state index in [0.717, 1.165) is 6.42 Å². The Morgan fingerprint density at radius 3 is 2.09 bits per heavy atom. The molecular weight excluding hydrogens is 406 g/mol. The third-order valence-electron chi connectivity index (χ3n) is 7.48. The van der Waals surface area contributed by atoms with Crippen LogP contribution in [0.4, 0.5) is 5.69 Å². The van der Waals surface area contributed by atoms with Gasteiger partial charge in [-0.1, -0.05) is 24.3 Å². The van der Waals surface area contributed by atoms with Crippen LogP contribution in [0.2, 0.25) is 0 Å². The van der Waals surface area contributed by atoms with Crippen LogP contribution in [0.25, 0.3) is 0 Å². The summed E-state index contributed by atoms with van der Waals surface area (Å²) in [5, 5.41) is 0. The summed E-state index contributed by atoms with van der Waals surface area (Å²) in [5.74, 6) is 0.306. The van der Waals surface area contributed by atoms with Crippen molar-refractivity contribution in [1.82, 2.24) is 0 Å². The van der Waals surface area contributed by atoms with Crippen molar-refractivity contribution in [3.8, 4) is 5.75 Å². The largest absolute Gasteiger partial charge is 0.423 e.